The molecule has 0 fully saturated rings. The summed E-state index contributed by atoms with van der Waals surface area (Å²) in [6.07, 6.45) is 1.70. The Labute approximate surface area is 93.3 Å². The van der Waals surface area contributed by atoms with Crippen LogP contribution in [0.5, 0.6) is 0 Å². The summed E-state index contributed by atoms with van der Waals surface area (Å²) in [5.41, 5.74) is 2.06. The van der Waals surface area contributed by atoms with E-state index in [1.807, 2.05) is 13.0 Å². The molecule has 0 radical (unpaired) electrons. The molecule has 0 atom stereocenters. The minimum Gasteiger partial charge on any atom is -0.364 e. The summed E-state index contributed by atoms with van der Waals surface area (Å²) in [5, 5.41) is 10.9. The van der Waals surface area contributed by atoms with Crippen LogP contribution in [0.15, 0.2) is 36.5 Å². The van der Waals surface area contributed by atoms with Crippen molar-refractivity contribution in [2.75, 3.05) is 5.32 Å². The van der Waals surface area contributed by atoms with Crippen molar-refractivity contribution in [2.24, 2.45) is 0 Å². The number of nitrogens with zero attached hydrogens (tertiary/aromatic N) is 2. The highest BCUT2D eigenvalue weighted by atomic mass is 19.1. The summed E-state index contributed by atoms with van der Waals surface area (Å²) in [6, 6.07) is 8.28. The van der Waals surface area contributed by atoms with Crippen LogP contribution in [0.3, 0.4) is 0 Å². The van der Waals surface area contributed by atoms with Crippen LogP contribution in [-0.4, -0.2) is 10.2 Å². The first-order chi connectivity index (χ1) is 7.74. The number of anilines is 1. The molecule has 1 aromatic carbocycles. The Morgan fingerprint density at radius 1 is 1.25 bits per heavy atom. The molecule has 0 aliphatic heterocycles. The molecule has 0 unspecified atom stereocenters. The predicted molar refractivity (Wildman–Crippen MR) is 60.5 cm³/mol. The van der Waals surface area contributed by atoms with E-state index < -0.39 is 0 Å². The van der Waals surface area contributed by atoms with Crippen LogP contribution in [0.2, 0.25) is 0 Å². The minimum absolute atomic E-state index is 0.223. The van der Waals surface area contributed by atoms with Gasteiger partial charge in [-0.25, -0.2) is 4.39 Å². The topological polar surface area (TPSA) is 37.8 Å². The minimum atomic E-state index is -0.223. The fourth-order valence-corrected chi connectivity index (χ4v) is 1.35. The molecule has 3 nitrogen and oxygen atoms in total. The SMILES string of the molecule is Cc1cnnc(NCc2ccc(F)cc2)c1. The van der Waals surface area contributed by atoms with Gasteiger partial charge in [0.25, 0.3) is 0 Å². The standard InChI is InChI=1S/C12H12FN3/c1-9-6-12(16-15-7-9)14-8-10-2-4-11(13)5-3-10/h2-7H,8H2,1H3,(H,14,16). The van der Waals surface area contributed by atoms with Gasteiger partial charge in [0, 0.05) is 6.54 Å². The van der Waals surface area contributed by atoms with E-state index in [4.69, 9.17) is 0 Å². The summed E-state index contributed by atoms with van der Waals surface area (Å²) >= 11 is 0. The number of aryl methyl sites for hydroxylation is 1. The lowest BCUT2D eigenvalue weighted by atomic mass is 10.2. The fourth-order valence-electron chi connectivity index (χ4n) is 1.35. The molecule has 0 saturated carbocycles. The number of aromatic nitrogens is 2. The van der Waals surface area contributed by atoms with E-state index in [1.165, 1.54) is 12.1 Å². The van der Waals surface area contributed by atoms with Crippen molar-refractivity contribution < 1.29 is 4.39 Å². The monoisotopic (exact) mass is 217 g/mol. The third-order valence-electron chi connectivity index (χ3n) is 2.18. The number of hydrogen-bond donors (Lipinski definition) is 1. The lowest BCUT2D eigenvalue weighted by Crippen LogP contribution is -2.02. The lowest BCUT2D eigenvalue weighted by Gasteiger charge is -2.05. The molecule has 0 spiro atoms. The quantitative estimate of drug-likeness (QED) is 0.858. The maximum Gasteiger partial charge on any atom is 0.149 e. The highest BCUT2D eigenvalue weighted by Crippen LogP contribution is 2.07. The third kappa shape index (κ3) is 2.76. The lowest BCUT2D eigenvalue weighted by molar-refractivity contribution is 0.627. The van der Waals surface area contributed by atoms with Crippen molar-refractivity contribution in [1.82, 2.24) is 10.2 Å². The highest BCUT2D eigenvalue weighted by molar-refractivity contribution is 5.36. The normalized spacial score (nSPS) is 10.1. The van der Waals surface area contributed by atoms with E-state index >= 15 is 0 Å². The first-order valence-corrected chi connectivity index (χ1v) is 5.02. The van der Waals surface area contributed by atoms with Gasteiger partial charge in [-0.1, -0.05) is 12.1 Å². The molecule has 0 aliphatic carbocycles. The Kier molecular flexibility index (Phi) is 3.10. The fraction of sp³-hybridized carbons (Fsp3) is 0.167. The van der Waals surface area contributed by atoms with Crippen molar-refractivity contribution in [3.8, 4) is 0 Å². The Hall–Kier alpha value is -1.97. The number of hydrogen-bond acceptors (Lipinski definition) is 3. The summed E-state index contributed by atoms with van der Waals surface area (Å²) in [4.78, 5) is 0. The molecule has 0 saturated heterocycles. The van der Waals surface area contributed by atoms with Gasteiger partial charge >= 0.3 is 0 Å². The zero-order chi connectivity index (χ0) is 11.4. The van der Waals surface area contributed by atoms with Crippen LogP contribution < -0.4 is 5.32 Å². The summed E-state index contributed by atoms with van der Waals surface area (Å²) in [7, 11) is 0. The van der Waals surface area contributed by atoms with Crippen LogP contribution in [0, 0.1) is 12.7 Å². The van der Waals surface area contributed by atoms with Gasteiger partial charge in [-0.2, -0.15) is 5.10 Å². The Bertz CT molecular complexity index is 468. The number of halogens is 1. The molecule has 0 bridgehead atoms. The first-order valence-electron chi connectivity index (χ1n) is 5.02. The highest BCUT2D eigenvalue weighted by Gasteiger charge is 1.96. The van der Waals surface area contributed by atoms with Crippen molar-refractivity contribution in [3.63, 3.8) is 0 Å². The van der Waals surface area contributed by atoms with Gasteiger partial charge < -0.3 is 5.32 Å². The maximum absolute atomic E-state index is 12.7. The van der Waals surface area contributed by atoms with Crippen molar-refractivity contribution in [2.45, 2.75) is 13.5 Å². The molecule has 1 N–H and O–H groups in total. The molecule has 16 heavy (non-hydrogen) atoms. The van der Waals surface area contributed by atoms with Gasteiger partial charge in [0.2, 0.25) is 0 Å². The Morgan fingerprint density at radius 3 is 2.69 bits per heavy atom. The summed E-state index contributed by atoms with van der Waals surface area (Å²) < 4.78 is 12.7. The van der Waals surface area contributed by atoms with Crippen molar-refractivity contribution >= 4 is 5.82 Å². The van der Waals surface area contributed by atoms with Gasteiger partial charge in [-0.15, -0.1) is 5.10 Å². The van der Waals surface area contributed by atoms with Gasteiger partial charge in [0.1, 0.15) is 11.6 Å². The molecule has 1 aromatic heterocycles. The molecule has 0 aliphatic rings. The smallest absolute Gasteiger partial charge is 0.149 e. The Balaban J connectivity index is 1.99. The largest absolute Gasteiger partial charge is 0.364 e. The zero-order valence-corrected chi connectivity index (χ0v) is 8.94. The van der Waals surface area contributed by atoms with Crippen molar-refractivity contribution in [1.29, 1.82) is 0 Å². The molecule has 0 amide bonds. The van der Waals surface area contributed by atoms with E-state index in [0.717, 1.165) is 16.9 Å². The van der Waals surface area contributed by atoms with Crippen LogP contribution in [-0.2, 0) is 6.54 Å². The predicted octanol–water partition coefficient (Wildman–Crippen LogP) is 2.54. The second-order valence-electron chi connectivity index (χ2n) is 3.60. The second kappa shape index (κ2) is 4.70. The molecule has 82 valence electrons. The van der Waals surface area contributed by atoms with E-state index in [-0.39, 0.29) is 5.82 Å². The van der Waals surface area contributed by atoms with Crippen LogP contribution in [0.1, 0.15) is 11.1 Å². The van der Waals surface area contributed by atoms with Crippen molar-refractivity contribution in [3.05, 3.63) is 53.5 Å². The first kappa shape index (κ1) is 10.5. The molecular weight excluding hydrogens is 205 g/mol. The third-order valence-corrected chi connectivity index (χ3v) is 2.18. The molecule has 4 heteroatoms. The van der Waals surface area contributed by atoms with Gasteiger partial charge in [0.05, 0.1) is 6.20 Å². The van der Waals surface area contributed by atoms with Crippen LogP contribution in [0.4, 0.5) is 10.2 Å². The maximum atomic E-state index is 12.7. The van der Waals surface area contributed by atoms with Crippen LogP contribution in [0.25, 0.3) is 0 Å². The Morgan fingerprint density at radius 2 is 2.00 bits per heavy atom. The van der Waals surface area contributed by atoms with Gasteiger partial charge in [-0.3, -0.25) is 0 Å². The molecular formula is C12H12FN3. The summed E-state index contributed by atoms with van der Waals surface area (Å²) in [5.74, 6) is 0.503. The number of nitrogens with one attached hydrogen (secondary N) is 1. The van der Waals surface area contributed by atoms with E-state index in [1.54, 1.807) is 18.3 Å². The second-order valence-corrected chi connectivity index (χ2v) is 3.60. The van der Waals surface area contributed by atoms with E-state index in [9.17, 15) is 4.39 Å². The summed E-state index contributed by atoms with van der Waals surface area (Å²) in [6.45, 7) is 2.57. The molecule has 1 heterocycles. The van der Waals surface area contributed by atoms with Crippen LogP contribution >= 0.6 is 0 Å². The van der Waals surface area contributed by atoms with Gasteiger partial charge in [0.15, 0.2) is 0 Å². The average Bonchev–Trinajstić information content (AvgIpc) is 2.28. The molecule has 2 rings (SSSR count). The zero-order valence-electron chi connectivity index (χ0n) is 8.94. The average molecular weight is 217 g/mol. The number of benzene rings is 1. The van der Waals surface area contributed by atoms with E-state index in [0.29, 0.717) is 6.54 Å². The van der Waals surface area contributed by atoms with Gasteiger partial charge in [-0.05, 0) is 36.2 Å². The van der Waals surface area contributed by atoms with E-state index in [2.05, 4.69) is 15.5 Å². The number of rotatable bonds is 3. The molecule has 2 aromatic rings.